The van der Waals surface area contributed by atoms with E-state index in [1.807, 2.05) is 0 Å². The van der Waals surface area contributed by atoms with Crippen molar-refractivity contribution >= 4 is 23.4 Å². The summed E-state index contributed by atoms with van der Waals surface area (Å²) < 4.78 is 41.0. The number of rotatable bonds is 2. The lowest BCUT2D eigenvalue weighted by Crippen LogP contribution is -2.16. The Hall–Kier alpha value is -1.56. The average molecular weight is 267 g/mol. The number of ether oxygens (including phenoxy) is 1. The molecule has 0 atom stereocenters. The minimum absolute atomic E-state index is 0.327. The van der Waals surface area contributed by atoms with E-state index in [0.29, 0.717) is 12.1 Å². The van der Waals surface area contributed by atoms with Crippen LogP contribution in [0.15, 0.2) is 18.2 Å². The molecule has 1 rings (SSSR count). The molecule has 0 heterocycles. The number of methoxy groups -OCH3 is 1. The van der Waals surface area contributed by atoms with Crippen molar-refractivity contribution in [1.29, 1.82) is 0 Å². The first-order chi connectivity index (χ1) is 7.77. The summed E-state index contributed by atoms with van der Waals surface area (Å²) >= 11 is 5.50. The van der Waals surface area contributed by atoms with Crippen LogP contribution in [0.5, 0.6) is 0 Å². The molecule has 0 aliphatic carbocycles. The highest BCUT2D eigenvalue weighted by Gasteiger charge is 2.32. The molecule has 0 unspecified atom stereocenters. The summed E-state index contributed by atoms with van der Waals surface area (Å²) in [6, 6.07) is 2.09. The van der Waals surface area contributed by atoms with Crippen LogP contribution < -0.4 is 0 Å². The molecule has 0 aromatic heterocycles. The van der Waals surface area contributed by atoms with E-state index >= 15 is 0 Å². The molecule has 0 spiro atoms. The summed E-state index contributed by atoms with van der Waals surface area (Å²) in [5.74, 6) is -2.28. The van der Waals surface area contributed by atoms with Crippen molar-refractivity contribution in [3.8, 4) is 0 Å². The van der Waals surface area contributed by atoms with Crippen LogP contribution in [-0.2, 0) is 15.7 Å². The van der Waals surface area contributed by atoms with Gasteiger partial charge in [0.1, 0.15) is 0 Å². The highest BCUT2D eigenvalue weighted by Crippen LogP contribution is 2.32. The van der Waals surface area contributed by atoms with Crippen molar-refractivity contribution in [1.82, 2.24) is 0 Å². The summed E-state index contributed by atoms with van der Waals surface area (Å²) in [7, 11) is 0.984. The summed E-state index contributed by atoms with van der Waals surface area (Å²) in [6.07, 6.45) is -4.56. The molecule has 17 heavy (non-hydrogen) atoms. The van der Waals surface area contributed by atoms with Crippen LogP contribution in [-0.4, -0.2) is 18.9 Å². The number of benzene rings is 1. The summed E-state index contributed by atoms with van der Waals surface area (Å²) in [4.78, 5) is 22.2. The quantitative estimate of drug-likeness (QED) is 0.470. The van der Waals surface area contributed by atoms with E-state index in [-0.39, 0.29) is 5.56 Å². The molecule has 3 nitrogen and oxygen atoms in total. The Bertz CT molecular complexity index is 468. The van der Waals surface area contributed by atoms with Crippen LogP contribution in [0, 0.1) is 0 Å². The van der Waals surface area contributed by atoms with Gasteiger partial charge < -0.3 is 4.74 Å². The SMILES string of the molecule is COC(=O)C(=O)c1ccc(C(F)(F)F)cc1Cl. The number of hydrogen-bond acceptors (Lipinski definition) is 3. The minimum Gasteiger partial charge on any atom is -0.463 e. The molecule has 0 saturated heterocycles. The molecule has 7 heteroatoms. The molecule has 92 valence electrons. The zero-order valence-electron chi connectivity index (χ0n) is 8.47. The molecule has 0 amide bonds. The number of alkyl halides is 3. The largest absolute Gasteiger partial charge is 0.463 e. The first-order valence-corrected chi connectivity index (χ1v) is 4.64. The van der Waals surface area contributed by atoms with Gasteiger partial charge in [0.2, 0.25) is 0 Å². The standard InChI is InChI=1S/C10H6ClF3O3/c1-17-9(16)8(15)6-3-2-5(4-7(6)11)10(12,13)14/h2-4H,1H3. The maximum Gasteiger partial charge on any atom is 0.416 e. The van der Waals surface area contributed by atoms with E-state index in [1.54, 1.807) is 0 Å². The zero-order valence-corrected chi connectivity index (χ0v) is 9.22. The van der Waals surface area contributed by atoms with Crippen LogP contribution in [0.4, 0.5) is 13.2 Å². The normalized spacial score (nSPS) is 11.1. The van der Waals surface area contributed by atoms with Gasteiger partial charge in [0.05, 0.1) is 17.7 Å². The van der Waals surface area contributed by atoms with Crippen molar-refractivity contribution in [2.24, 2.45) is 0 Å². The third kappa shape index (κ3) is 2.97. The van der Waals surface area contributed by atoms with Crippen molar-refractivity contribution in [2.45, 2.75) is 6.18 Å². The van der Waals surface area contributed by atoms with Gasteiger partial charge in [-0.1, -0.05) is 11.6 Å². The van der Waals surface area contributed by atoms with E-state index in [9.17, 15) is 22.8 Å². The van der Waals surface area contributed by atoms with Gasteiger partial charge in [-0.05, 0) is 18.2 Å². The molecule has 1 aromatic rings. The van der Waals surface area contributed by atoms with Crippen LogP contribution in [0.3, 0.4) is 0 Å². The predicted molar refractivity (Wildman–Crippen MR) is 52.8 cm³/mol. The van der Waals surface area contributed by atoms with Gasteiger partial charge in [0.25, 0.3) is 5.78 Å². The predicted octanol–water partition coefficient (Wildman–Crippen LogP) is 2.71. The summed E-state index contributed by atoms with van der Waals surface area (Å²) in [6.45, 7) is 0. The summed E-state index contributed by atoms with van der Waals surface area (Å²) in [5, 5.41) is -0.449. The third-order valence-electron chi connectivity index (χ3n) is 1.91. The van der Waals surface area contributed by atoms with Gasteiger partial charge in [-0.15, -0.1) is 0 Å². The second-order valence-corrected chi connectivity index (χ2v) is 3.42. The number of Topliss-reactive ketones (excluding diaryl/α,β-unsaturated/α-hetero) is 1. The van der Waals surface area contributed by atoms with Gasteiger partial charge >= 0.3 is 12.1 Å². The molecule has 1 aromatic carbocycles. The Morgan fingerprint density at radius 1 is 1.29 bits per heavy atom. The number of carbonyl (C=O) groups excluding carboxylic acids is 2. The van der Waals surface area contributed by atoms with Crippen molar-refractivity contribution in [2.75, 3.05) is 7.11 Å². The second-order valence-electron chi connectivity index (χ2n) is 3.01. The molecule has 0 aliphatic rings. The number of halogens is 4. The fraction of sp³-hybridized carbons (Fsp3) is 0.200. The highest BCUT2D eigenvalue weighted by atomic mass is 35.5. The maximum absolute atomic E-state index is 12.3. The monoisotopic (exact) mass is 266 g/mol. The number of ketones is 1. The third-order valence-corrected chi connectivity index (χ3v) is 2.22. The molecule has 0 N–H and O–H groups in total. The summed E-state index contributed by atoms with van der Waals surface area (Å²) in [5.41, 5.74) is -1.32. The molecule has 0 saturated carbocycles. The van der Waals surface area contributed by atoms with E-state index in [2.05, 4.69) is 4.74 Å². The number of esters is 1. The van der Waals surface area contributed by atoms with E-state index in [0.717, 1.165) is 13.2 Å². The van der Waals surface area contributed by atoms with Gasteiger partial charge in [0.15, 0.2) is 0 Å². The molecule has 0 fully saturated rings. The van der Waals surface area contributed by atoms with Crippen molar-refractivity contribution in [3.63, 3.8) is 0 Å². The van der Waals surface area contributed by atoms with E-state index < -0.39 is 28.5 Å². The van der Waals surface area contributed by atoms with Gasteiger partial charge in [-0.2, -0.15) is 13.2 Å². The average Bonchev–Trinajstić information content (AvgIpc) is 2.25. The second kappa shape index (κ2) is 4.75. The Kier molecular flexibility index (Phi) is 3.77. The Morgan fingerprint density at radius 3 is 2.29 bits per heavy atom. The Balaban J connectivity index is 3.15. The number of hydrogen-bond donors (Lipinski definition) is 0. The van der Waals surface area contributed by atoms with Crippen LogP contribution in [0.25, 0.3) is 0 Å². The lowest BCUT2D eigenvalue weighted by molar-refractivity contribution is -0.137. The zero-order chi connectivity index (χ0) is 13.2. The van der Waals surface area contributed by atoms with Crippen molar-refractivity contribution < 1.29 is 27.5 Å². The number of carbonyl (C=O) groups is 2. The first-order valence-electron chi connectivity index (χ1n) is 4.26. The molecule has 0 radical (unpaired) electrons. The molecule has 0 bridgehead atoms. The smallest absolute Gasteiger partial charge is 0.416 e. The molecular weight excluding hydrogens is 261 g/mol. The Morgan fingerprint density at radius 2 is 1.88 bits per heavy atom. The fourth-order valence-electron chi connectivity index (χ4n) is 1.08. The minimum atomic E-state index is -4.56. The van der Waals surface area contributed by atoms with Gasteiger partial charge in [-0.3, -0.25) is 4.79 Å². The lowest BCUT2D eigenvalue weighted by Gasteiger charge is -2.08. The highest BCUT2D eigenvalue weighted by molar-refractivity contribution is 6.45. The van der Waals surface area contributed by atoms with Gasteiger partial charge in [0, 0.05) is 5.56 Å². The first kappa shape index (κ1) is 13.5. The van der Waals surface area contributed by atoms with E-state index in [1.165, 1.54) is 0 Å². The topological polar surface area (TPSA) is 43.4 Å². The fourth-order valence-corrected chi connectivity index (χ4v) is 1.34. The lowest BCUT2D eigenvalue weighted by atomic mass is 10.1. The van der Waals surface area contributed by atoms with Crippen molar-refractivity contribution in [3.05, 3.63) is 34.3 Å². The molecule has 0 aliphatic heterocycles. The van der Waals surface area contributed by atoms with Gasteiger partial charge in [-0.25, -0.2) is 4.79 Å². The molecular formula is C10H6ClF3O3. The van der Waals surface area contributed by atoms with E-state index in [4.69, 9.17) is 11.6 Å². The van der Waals surface area contributed by atoms with Crippen LogP contribution >= 0.6 is 11.6 Å². The van der Waals surface area contributed by atoms with Crippen LogP contribution in [0.1, 0.15) is 15.9 Å². The Labute approximate surface area is 99.1 Å². The maximum atomic E-state index is 12.3. The van der Waals surface area contributed by atoms with Crippen LogP contribution in [0.2, 0.25) is 5.02 Å².